The number of hydrogen-bond acceptors (Lipinski definition) is 3. The summed E-state index contributed by atoms with van der Waals surface area (Å²) in [5.74, 6) is -0.291. The fourth-order valence-electron chi connectivity index (χ4n) is 2.14. The summed E-state index contributed by atoms with van der Waals surface area (Å²) in [6, 6.07) is 15.4. The third-order valence-corrected chi connectivity index (χ3v) is 3.57. The molecule has 23 heavy (non-hydrogen) atoms. The highest BCUT2D eigenvalue weighted by atomic mass is 19.1. The van der Waals surface area contributed by atoms with E-state index in [0.717, 1.165) is 5.56 Å². The molecular weight excluding hydrogens is 295 g/mol. The molecule has 2 N–H and O–H groups in total. The number of ether oxygens (including phenoxy) is 1. The number of para-hydroxylation sites is 1. The summed E-state index contributed by atoms with van der Waals surface area (Å²) in [6.07, 6.45) is 0.222. The van der Waals surface area contributed by atoms with Crippen molar-refractivity contribution in [3.8, 4) is 5.75 Å². The molecule has 2 aromatic carbocycles. The summed E-state index contributed by atoms with van der Waals surface area (Å²) in [4.78, 5) is 13.7. The molecule has 1 amide bonds. The number of rotatable bonds is 7. The highest BCUT2D eigenvalue weighted by molar-refractivity contribution is 5.76. The predicted molar refractivity (Wildman–Crippen MR) is 87.5 cm³/mol. The molecule has 0 fully saturated rings. The molecule has 0 aromatic heterocycles. The van der Waals surface area contributed by atoms with Crippen molar-refractivity contribution >= 4 is 5.91 Å². The largest absolute Gasteiger partial charge is 0.489 e. The van der Waals surface area contributed by atoms with Crippen LogP contribution < -0.4 is 10.5 Å². The Morgan fingerprint density at radius 1 is 1.17 bits per heavy atom. The first kappa shape index (κ1) is 17.0. The van der Waals surface area contributed by atoms with Crippen LogP contribution in [0.5, 0.6) is 5.75 Å². The third kappa shape index (κ3) is 5.07. The van der Waals surface area contributed by atoms with Gasteiger partial charge in [0.25, 0.3) is 0 Å². The summed E-state index contributed by atoms with van der Waals surface area (Å²) in [6.45, 7) is 0.596. The number of likely N-dealkylation sites (N-methyl/N-ethyl adjacent to an activating group) is 1. The lowest BCUT2D eigenvalue weighted by molar-refractivity contribution is -0.130. The first-order valence-electron chi connectivity index (χ1n) is 7.49. The molecule has 0 aliphatic carbocycles. The molecule has 0 aliphatic rings. The summed E-state index contributed by atoms with van der Waals surface area (Å²) >= 11 is 0. The van der Waals surface area contributed by atoms with Crippen molar-refractivity contribution in [1.82, 2.24) is 4.90 Å². The van der Waals surface area contributed by atoms with Crippen LogP contribution in [-0.2, 0) is 4.79 Å². The fraction of sp³-hybridized carbons (Fsp3) is 0.278. The SMILES string of the molecule is CN(CCOc1ccccc1F)C(=O)CC(N)c1ccccc1. The van der Waals surface area contributed by atoms with Crippen LogP contribution >= 0.6 is 0 Å². The molecule has 0 aliphatic heterocycles. The van der Waals surface area contributed by atoms with Gasteiger partial charge < -0.3 is 15.4 Å². The van der Waals surface area contributed by atoms with E-state index in [9.17, 15) is 9.18 Å². The summed E-state index contributed by atoms with van der Waals surface area (Å²) in [5, 5.41) is 0. The maximum atomic E-state index is 13.4. The quantitative estimate of drug-likeness (QED) is 0.854. The van der Waals surface area contributed by atoms with Gasteiger partial charge in [0.15, 0.2) is 11.6 Å². The topological polar surface area (TPSA) is 55.6 Å². The molecule has 0 heterocycles. The van der Waals surface area contributed by atoms with Gasteiger partial charge in [-0.1, -0.05) is 42.5 Å². The lowest BCUT2D eigenvalue weighted by atomic mass is 10.0. The molecule has 2 aromatic rings. The van der Waals surface area contributed by atoms with E-state index in [1.807, 2.05) is 30.3 Å². The molecule has 0 saturated heterocycles. The van der Waals surface area contributed by atoms with Gasteiger partial charge in [-0.05, 0) is 17.7 Å². The molecule has 5 heteroatoms. The first-order valence-corrected chi connectivity index (χ1v) is 7.49. The van der Waals surface area contributed by atoms with Crippen molar-refractivity contribution in [3.63, 3.8) is 0 Å². The zero-order chi connectivity index (χ0) is 16.7. The van der Waals surface area contributed by atoms with Crippen LogP contribution in [0.15, 0.2) is 54.6 Å². The van der Waals surface area contributed by atoms with Gasteiger partial charge in [0.05, 0.1) is 6.54 Å². The molecule has 1 unspecified atom stereocenters. The van der Waals surface area contributed by atoms with Gasteiger partial charge in [-0.3, -0.25) is 4.79 Å². The lowest BCUT2D eigenvalue weighted by Crippen LogP contribution is -2.33. The van der Waals surface area contributed by atoms with Crippen LogP contribution in [0.3, 0.4) is 0 Å². The lowest BCUT2D eigenvalue weighted by Gasteiger charge is -2.20. The minimum absolute atomic E-state index is 0.0708. The Balaban J connectivity index is 1.78. The second-order valence-electron chi connectivity index (χ2n) is 5.32. The van der Waals surface area contributed by atoms with Crippen molar-refractivity contribution in [2.24, 2.45) is 5.73 Å². The van der Waals surface area contributed by atoms with E-state index < -0.39 is 5.82 Å². The van der Waals surface area contributed by atoms with Crippen molar-refractivity contribution in [2.75, 3.05) is 20.2 Å². The highest BCUT2D eigenvalue weighted by Crippen LogP contribution is 2.16. The monoisotopic (exact) mass is 316 g/mol. The Morgan fingerprint density at radius 2 is 1.83 bits per heavy atom. The Bertz CT molecular complexity index is 634. The van der Waals surface area contributed by atoms with Gasteiger partial charge in [0.1, 0.15) is 6.61 Å². The zero-order valence-corrected chi connectivity index (χ0v) is 13.1. The minimum Gasteiger partial charge on any atom is -0.489 e. The average Bonchev–Trinajstić information content (AvgIpc) is 2.57. The van der Waals surface area contributed by atoms with Crippen molar-refractivity contribution in [3.05, 3.63) is 66.0 Å². The third-order valence-electron chi connectivity index (χ3n) is 3.57. The van der Waals surface area contributed by atoms with Gasteiger partial charge in [-0.15, -0.1) is 0 Å². The number of carbonyl (C=O) groups excluding carboxylic acids is 1. The number of amides is 1. The normalized spacial score (nSPS) is 11.8. The molecule has 122 valence electrons. The Kier molecular flexibility index (Phi) is 6.11. The van der Waals surface area contributed by atoms with Crippen molar-refractivity contribution in [1.29, 1.82) is 0 Å². The van der Waals surface area contributed by atoms with Crippen molar-refractivity contribution < 1.29 is 13.9 Å². The Hall–Kier alpha value is -2.40. The second kappa shape index (κ2) is 8.29. The van der Waals surface area contributed by atoms with Gasteiger partial charge >= 0.3 is 0 Å². The van der Waals surface area contributed by atoms with Crippen LogP contribution in [0.1, 0.15) is 18.0 Å². The van der Waals surface area contributed by atoms with Gasteiger partial charge in [-0.2, -0.15) is 0 Å². The molecule has 0 radical (unpaired) electrons. The Morgan fingerprint density at radius 3 is 2.52 bits per heavy atom. The standard InChI is InChI=1S/C18H21FN2O2/c1-21(11-12-23-17-10-6-5-9-15(17)19)18(22)13-16(20)14-7-3-2-4-8-14/h2-10,16H,11-13,20H2,1H3. The first-order chi connectivity index (χ1) is 11.1. The zero-order valence-electron chi connectivity index (χ0n) is 13.1. The van der Waals surface area contributed by atoms with E-state index in [0.29, 0.717) is 6.54 Å². The summed E-state index contributed by atoms with van der Waals surface area (Å²) in [7, 11) is 1.69. The van der Waals surface area contributed by atoms with Crippen LogP contribution in [0, 0.1) is 5.82 Å². The van der Waals surface area contributed by atoms with Gasteiger partial charge in [0, 0.05) is 19.5 Å². The molecular formula is C18H21FN2O2. The van der Waals surface area contributed by atoms with E-state index >= 15 is 0 Å². The number of halogens is 1. The predicted octanol–water partition coefficient (Wildman–Crippen LogP) is 2.75. The van der Waals surface area contributed by atoms with E-state index in [-0.39, 0.29) is 30.7 Å². The van der Waals surface area contributed by atoms with E-state index in [1.165, 1.54) is 6.07 Å². The molecule has 1 atom stereocenters. The second-order valence-corrected chi connectivity index (χ2v) is 5.32. The maximum absolute atomic E-state index is 13.4. The van der Waals surface area contributed by atoms with E-state index in [2.05, 4.69) is 0 Å². The number of nitrogens with two attached hydrogens (primary N) is 1. The highest BCUT2D eigenvalue weighted by Gasteiger charge is 2.15. The molecule has 4 nitrogen and oxygen atoms in total. The summed E-state index contributed by atoms with van der Waals surface area (Å²) in [5.41, 5.74) is 6.97. The van der Waals surface area contributed by atoms with Crippen LogP contribution in [0.25, 0.3) is 0 Å². The van der Waals surface area contributed by atoms with E-state index in [4.69, 9.17) is 10.5 Å². The number of carbonyl (C=O) groups is 1. The molecule has 0 spiro atoms. The fourth-order valence-corrected chi connectivity index (χ4v) is 2.14. The smallest absolute Gasteiger partial charge is 0.224 e. The van der Waals surface area contributed by atoms with Gasteiger partial charge in [-0.25, -0.2) is 4.39 Å². The summed E-state index contributed by atoms with van der Waals surface area (Å²) < 4.78 is 18.8. The van der Waals surface area contributed by atoms with Crippen molar-refractivity contribution in [2.45, 2.75) is 12.5 Å². The molecule has 0 bridgehead atoms. The molecule has 2 rings (SSSR count). The van der Waals surface area contributed by atoms with Crippen LogP contribution in [0.4, 0.5) is 4.39 Å². The maximum Gasteiger partial charge on any atom is 0.224 e. The average molecular weight is 316 g/mol. The van der Waals surface area contributed by atoms with Gasteiger partial charge in [0.2, 0.25) is 5.91 Å². The molecule has 0 saturated carbocycles. The minimum atomic E-state index is -0.410. The number of benzene rings is 2. The Labute approximate surface area is 135 Å². The number of hydrogen-bond donors (Lipinski definition) is 1. The van der Waals surface area contributed by atoms with Crippen LogP contribution in [0.2, 0.25) is 0 Å². The van der Waals surface area contributed by atoms with Crippen LogP contribution in [-0.4, -0.2) is 31.0 Å². The number of nitrogens with zero attached hydrogens (tertiary/aromatic N) is 1. The van der Waals surface area contributed by atoms with E-state index in [1.54, 1.807) is 30.1 Å².